The van der Waals surface area contributed by atoms with E-state index in [1.54, 1.807) is 0 Å². The van der Waals surface area contributed by atoms with E-state index in [-0.39, 0.29) is 6.29 Å². The van der Waals surface area contributed by atoms with E-state index in [1.165, 1.54) is 5.48 Å². The van der Waals surface area contributed by atoms with Crippen LogP contribution in [0.5, 0.6) is 0 Å². The maximum absolute atomic E-state index is 10.8. The van der Waals surface area contributed by atoms with Crippen LogP contribution in [0.2, 0.25) is 0 Å². The number of carbonyl (C=O) groups excluding carboxylic acids is 1. The molecule has 0 aromatic heterocycles. The molecule has 0 heterocycles. The van der Waals surface area contributed by atoms with Crippen molar-refractivity contribution in [1.29, 1.82) is 0 Å². The Hall–Kier alpha value is -0.790. The smallest absolute Gasteiger partial charge is 0.394 e. The fraction of sp³-hybridized carbons (Fsp3) is 0.833. The molecule has 4 atom stereocenters. The highest BCUT2D eigenvalue weighted by molar-refractivity contribution is 7.81. The lowest BCUT2D eigenvalue weighted by Crippen LogP contribution is -2.53. The summed E-state index contributed by atoms with van der Waals surface area (Å²) < 4.78 is 65.1. The van der Waals surface area contributed by atoms with Crippen LogP contribution in [0.25, 0.3) is 0 Å². The van der Waals surface area contributed by atoms with Crippen molar-refractivity contribution in [3.63, 3.8) is 0 Å². The molecule has 0 aromatic carbocycles. The van der Waals surface area contributed by atoms with Crippen LogP contribution in [0.3, 0.4) is 0 Å². The molecule has 0 unspecified atom stereocenters. The maximum atomic E-state index is 10.8. The van der Waals surface area contributed by atoms with E-state index in [4.69, 9.17) is 14.2 Å². The fourth-order valence-electron chi connectivity index (χ4n) is 1.04. The molecule has 0 aliphatic carbocycles. The van der Waals surface area contributed by atoms with E-state index in [0.29, 0.717) is 0 Å². The third-order valence-electron chi connectivity index (χ3n) is 1.94. The summed E-state index contributed by atoms with van der Waals surface area (Å²) in [7, 11) is -10.3. The highest BCUT2D eigenvalue weighted by Gasteiger charge is 2.37. The number of carbonyl (C=O) groups is 1. The van der Waals surface area contributed by atoms with Gasteiger partial charge in [0, 0.05) is 0 Å². The number of hydrogen-bond donors (Lipinski definition) is 6. The van der Waals surface area contributed by atoms with Crippen LogP contribution in [-0.2, 0) is 39.1 Å². The van der Waals surface area contributed by atoms with Crippen molar-refractivity contribution in [2.75, 3.05) is 6.61 Å². The Morgan fingerprint density at radius 2 is 1.64 bits per heavy atom. The molecule has 6 N–H and O–H groups in total. The van der Waals surface area contributed by atoms with Crippen molar-refractivity contribution in [3.05, 3.63) is 0 Å². The molecule has 0 radical (unpaired) electrons. The minimum Gasteiger partial charge on any atom is -0.394 e. The van der Waals surface area contributed by atoms with Crippen LogP contribution in [0.1, 0.15) is 0 Å². The van der Waals surface area contributed by atoms with E-state index >= 15 is 0 Å². The van der Waals surface area contributed by atoms with E-state index in [2.05, 4.69) is 13.5 Å². The second-order valence-corrected chi connectivity index (χ2v) is 5.60. The maximum Gasteiger partial charge on any atom is 0.424 e. The summed E-state index contributed by atoms with van der Waals surface area (Å²) in [5, 5.41) is 27.4. The van der Waals surface area contributed by atoms with Gasteiger partial charge in [-0.1, -0.05) is 4.33 Å². The van der Waals surface area contributed by atoms with Gasteiger partial charge in [0.05, 0.1) is 6.61 Å². The standard InChI is InChI=1S/C6H13NO13S2/c8-1-3(7-19-21(12,13)14)6(5(11)4(10)2-9)18-20-22(15,16)17/h1,3-7,9-11H,2H2,(H,12,13,14)(H,15,16,17)/t3-,4+,5+,6+/m0/s1. The Bertz CT molecular complexity index is 543. The van der Waals surface area contributed by atoms with Gasteiger partial charge in [0.25, 0.3) is 0 Å². The predicted molar refractivity (Wildman–Crippen MR) is 62.2 cm³/mol. The van der Waals surface area contributed by atoms with Gasteiger partial charge in [-0.3, -0.25) is 9.11 Å². The van der Waals surface area contributed by atoms with Crippen molar-refractivity contribution in [2.24, 2.45) is 0 Å². The number of aliphatic hydroxyl groups excluding tert-OH is 3. The molecule has 0 aliphatic heterocycles. The zero-order valence-corrected chi connectivity index (χ0v) is 12.0. The molecule has 0 aliphatic rings. The molecule has 0 rings (SSSR count). The number of hydroxylamine groups is 1. The summed E-state index contributed by atoms with van der Waals surface area (Å²) in [5.41, 5.74) is 1.37. The molecule has 22 heavy (non-hydrogen) atoms. The molecule has 16 heteroatoms. The van der Waals surface area contributed by atoms with Crippen molar-refractivity contribution < 1.29 is 59.6 Å². The molecular weight excluding hydrogens is 358 g/mol. The van der Waals surface area contributed by atoms with Crippen molar-refractivity contribution in [2.45, 2.75) is 24.4 Å². The SMILES string of the molecule is O=C[C@H](NOS(=O)(=O)O)[C@@H](OOS(=O)(=O)O)[C@H](O)[C@H](O)CO. The quantitative estimate of drug-likeness (QED) is 0.0874. The number of aldehydes is 1. The summed E-state index contributed by atoms with van der Waals surface area (Å²) in [6, 6.07) is -2.03. The lowest BCUT2D eigenvalue weighted by molar-refractivity contribution is -0.283. The van der Waals surface area contributed by atoms with Gasteiger partial charge in [-0.05, 0) is 0 Å². The van der Waals surface area contributed by atoms with Gasteiger partial charge in [-0.2, -0.15) is 26.6 Å². The highest BCUT2D eigenvalue weighted by atomic mass is 32.3. The van der Waals surface area contributed by atoms with Gasteiger partial charge in [0.15, 0.2) is 0 Å². The second kappa shape index (κ2) is 8.74. The molecule has 14 nitrogen and oxygen atoms in total. The fourth-order valence-corrected chi connectivity index (χ4v) is 1.46. The van der Waals surface area contributed by atoms with Gasteiger partial charge in [-0.25, -0.2) is 4.89 Å². The Morgan fingerprint density at radius 1 is 1.09 bits per heavy atom. The van der Waals surface area contributed by atoms with E-state index in [1.807, 2.05) is 0 Å². The molecular formula is C6H13NO13S2. The molecule has 0 aromatic rings. The Morgan fingerprint density at radius 3 is 2.00 bits per heavy atom. The summed E-state index contributed by atoms with van der Waals surface area (Å²) in [6.45, 7) is -1.07. The first-order chi connectivity index (χ1) is 9.91. The van der Waals surface area contributed by atoms with Crippen LogP contribution < -0.4 is 5.48 Å². The first-order valence-electron chi connectivity index (χ1n) is 5.07. The zero-order chi connectivity index (χ0) is 17.6. The van der Waals surface area contributed by atoms with Crippen LogP contribution in [0.15, 0.2) is 0 Å². The summed E-state index contributed by atoms with van der Waals surface area (Å²) in [6.07, 6.45) is -6.57. The van der Waals surface area contributed by atoms with Gasteiger partial charge in [0.1, 0.15) is 30.6 Å². The highest BCUT2D eigenvalue weighted by Crippen LogP contribution is 2.11. The third kappa shape index (κ3) is 8.60. The van der Waals surface area contributed by atoms with Gasteiger partial charge in [-0.15, -0.1) is 0 Å². The predicted octanol–water partition coefficient (Wildman–Crippen LogP) is -4.29. The first-order valence-corrected chi connectivity index (χ1v) is 7.80. The summed E-state index contributed by atoms with van der Waals surface area (Å²) in [4.78, 5) is 14.8. The Labute approximate surface area is 124 Å². The van der Waals surface area contributed by atoms with Crippen LogP contribution in [0.4, 0.5) is 0 Å². The molecule has 0 fully saturated rings. The number of hydrogen-bond acceptors (Lipinski definition) is 12. The topological polar surface area (TPSA) is 226 Å². The van der Waals surface area contributed by atoms with Crippen LogP contribution in [-0.4, -0.2) is 78.5 Å². The van der Waals surface area contributed by atoms with E-state index in [0.717, 1.165) is 0 Å². The van der Waals surface area contributed by atoms with Gasteiger partial charge in [0.2, 0.25) is 0 Å². The normalized spacial score (nSPS) is 18.4. The molecule has 0 spiro atoms. The summed E-state index contributed by atoms with van der Waals surface area (Å²) in [5.74, 6) is 0. The van der Waals surface area contributed by atoms with E-state index in [9.17, 15) is 31.8 Å². The van der Waals surface area contributed by atoms with Gasteiger partial charge >= 0.3 is 20.8 Å². The molecule has 0 saturated carbocycles. The average Bonchev–Trinajstić information content (AvgIpc) is 2.38. The monoisotopic (exact) mass is 371 g/mol. The first kappa shape index (κ1) is 21.2. The number of rotatable bonds is 11. The zero-order valence-electron chi connectivity index (χ0n) is 10.4. The summed E-state index contributed by atoms with van der Waals surface area (Å²) >= 11 is 0. The number of nitrogens with one attached hydrogen (secondary N) is 1. The Balaban J connectivity index is 5.18. The largest absolute Gasteiger partial charge is 0.424 e. The number of aliphatic hydroxyl groups is 3. The van der Waals surface area contributed by atoms with E-state index < -0.39 is 51.8 Å². The molecule has 0 bridgehead atoms. The van der Waals surface area contributed by atoms with Crippen LogP contribution >= 0.6 is 0 Å². The lowest BCUT2D eigenvalue weighted by Gasteiger charge is -2.27. The average molecular weight is 371 g/mol. The van der Waals surface area contributed by atoms with Gasteiger partial charge < -0.3 is 20.1 Å². The lowest BCUT2D eigenvalue weighted by atomic mass is 10.0. The Kier molecular flexibility index (Phi) is 8.43. The second-order valence-electron chi connectivity index (χ2n) is 3.59. The van der Waals surface area contributed by atoms with Crippen molar-refractivity contribution >= 4 is 27.1 Å². The van der Waals surface area contributed by atoms with Crippen molar-refractivity contribution in [1.82, 2.24) is 5.48 Å². The minimum atomic E-state index is -5.20. The molecule has 0 saturated heterocycles. The third-order valence-corrected chi connectivity index (χ3v) is 2.50. The van der Waals surface area contributed by atoms with Crippen molar-refractivity contribution in [3.8, 4) is 0 Å². The minimum absolute atomic E-state index is 0.184. The van der Waals surface area contributed by atoms with Crippen LogP contribution in [0, 0.1) is 0 Å². The molecule has 132 valence electrons. The molecule has 0 amide bonds.